The van der Waals surface area contributed by atoms with E-state index in [1.807, 2.05) is 0 Å². The van der Waals surface area contributed by atoms with Crippen molar-refractivity contribution in [2.75, 3.05) is 7.11 Å². The predicted molar refractivity (Wildman–Crippen MR) is 104 cm³/mol. The van der Waals surface area contributed by atoms with Crippen LogP contribution >= 0.6 is 0 Å². The molecule has 36 heavy (non-hydrogen) atoms. The van der Waals surface area contributed by atoms with Gasteiger partial charge in [0.15, 0.2) is 0 Å². The van der Waals surface area contributed by atoms with E-state index in [9.17, 15) is 52.7 Å². The first kappa shape index (κ1) is 29.3. The van der Waals surface area contributed by atoms with Gasteiger partial charge in [-0.3, -0.25) is 0 Å². The van der Waals surface area contributed by atoms with Gasteiger partial charge in [0.25, 0.3) is 0 Å². The molecule has 2 aromatic rings. The second kappa shape index (κ2) is 9.85. The van der Waals surface area contributed by atoms with E-state index in [0.717, 1.165) is 21.0 Å². The van der Waals surface area contributed by atoms with Crippen LogP contribution in [0, 0.1) is 0 Å². The Morgan fingerprint density at radius 2 is 0.806 bits per heavy atom. The molecule has 0 aliphatic carbocycles. The zero-order valence-corrected chi connectivity index (χ0v) is 18.5. The first-order chi connectivity index (χ1) is 16.2. The van der Waals surface area contributed by atoms with Crippen molar-refractivity contribution in [3.8, 4) is 0 Å². The Morgan fingerprint density at radius 3 is 1.00 bits per heavy atom. The fourth-order valence-electron chi connectivity index (χ4n) is 3.44. The third-order valence-electron chi connectivity index (χ3n) is 5.30. The van der Waals surface area contributed by atoms with Crippen LogP contribution in [-0.4, -0.2) is 12.8 Å². The number of oxime groups is 1. The second-order valence-corrected chi connectivity index (χ2v) is 7.82. The molecule has 2 unspecified atom stereocenters. The molecule has 0 aliphatic rings. The largest absolute Gasteiger partial charge is 0.416 e. The van der Waals surface area contributed by atoms with Crippen molar-refractivity contribution in [2.24, 2.45) is 5.16 Å². The average molecular weight is 539 g/mol. The number of benzene rings is 2. The standard InChI is InChI=1S/C22H17F12NO/c1-10(12-4-14(19(23,24)25)8-15(5-12)20(26,27)28)18(35-36-3)11(2)13-6-16(21(29,30)31)9-17(7-13)22(32,33)34/h4-11H,1-3H3. The molecule has 0 aromatic heterocycles. The van der Waals surface area contributed by atoms with Crippen molar-refractivity contribution in [3.05, 3.63) is 69.8 Å². The number of hydrogen-bond acceptors (Lipinski definition) is 2. The Hall–Kier alpha value is -2.93. The fraction of sp³-hybridized carbons (Fsp3) is 0.409. The van der Waals surface area contributed by atoms with E-state index in [-0.39, 0.29) is 12.1 Å². The molecule has 0 saturated heterocycles. The molecule has 2 rings (SSSR count). The number of halogens is 12. The van der Waals surface area contributed by atoms with Gasteiger partial charge in [0.2, 0.25) is 0 Å². The van der Waals surface area contributed by atoms with Gasteiger partial charge >= 0.3 is 24.7 Å². The monoisotopic (exact) mass is 539 g/mol. The molecule has 0 bridgehead atoms. The highest BCUT2D eigenvalue weighted by Gasteiger charge is 2.40. The van der Waals surface area contributed by atoms with Crippen LogP contribution in [0.15, 0.2) is 41.6 Å². The van der Waals surface area contributed by atoms with E-state index in [1.165, 1.54) is 0 Å². The molecule has 2 atom stereocenters. The summed E-state index contributed by atoms with van der Waals surface area (Å²) in [6, 6.07) is 1.34. The lowest BCUT2D eigenvalue weighted by atomic mass is 9.83. The Balaban J connectivity index is 2.70. The molecule has 0 saturated carbocycles. The van der Waals surface area contributed by atoms with E-state index in [1.54, 1.807) is 0 Å². The van der Waals surface area contributed by atoms with Gasteiger partial charge in [-0.05, 0) is 47.5 Å². The topological polar surface area (TPSA) is 21.6 Å². The molecular formula is C22H17F12NO. The van der Waals surface area contributed by atoms with Gasteiger partial charge in [-0.15, -0.1) is 0 Å². The van der Waals surface area contributed by atoms with E-state index in [0.29, 0.717) is 24.3 Å². The van der Waals surface area contributed by atoms with Crippen LogP contribution in [0.1, 0.15) is 59.1 Å². The Bertz CT molecular complexity index is 962. The molecule has 2 aromatic carbocycles. The highest BCUT2D eigenvalue weighted by atomic mass is 19.4. The molecule has 0 fully saturated rings. The van der Waals surface area contributed by atoms with E-state index in [4.69, 9.17) is 0 Å². The average Bonchev–Trinajstić information content (AvgIpc) is 2.73. The quantitative estimate of drug-likeness (QED) is 0.212. The highest BCUT2D eigenvalue weighted by Crippen LogP contribution is 2.41. The molecule has 0 aliphatic heterocycles. The van der Waals surface area contributed by atoms with Crippen molar-refractivity contribution < 1.29 is 57.5 Å². The Morgan fingerprint density at radius 1 is 0.556 bits per heavy atom. The van der Waals surface area contributed by atoms with Crippen LogP contribution in [0.5, 0.6) is 0 Å². The number of hydrogen-bond donors (Lipinski definition) is 0. The maximum Gasteiger partial charge on any atom is 0.416 e. The van der Waals surface area contributed by atoms with Crippen molar-refractivity contribution in [2.45, 2.75) is 50.4 Å². The Labute approximate surface area is 196 Å². The van der Waals surface area contributed by atoms with Crippen LogP contribution in [0.4, 0.5) is 52.7 Å². The normalized spacial score (nSPS) is 14.9. The maximum absolute atomic E-state index is 13.2. The van der Waals surface area contributed by atoms with Gasteiger partial charge < -0.3 is 4.84 Å². The van der Waals surface area contributed by atoms with Crippen LogP contribution < -0.4 is 0 Å². The summed E-state index contributed by atoms with van der Waals surface area (Å²) < 4.78 is 159. The van der Waals surface area contributed by atoms with E-state index >= 15 is 0 Å². The molecule has 0 heterocycles. The second-order valence-electron chi connectivity index (χ2n) is 7.82. The zero-order valence-electron chi connectivity index (χ0n) is 18.5. The lowest BCUT2D eigenvalue weighted by Crippen LogP contribution is -2.21. The van der Waals surface area contributed by atoms with Crippen molar-refractivity contribution in [1.29, 1.82) is 0 Å². The molecule has 14 heteroatoms. The van der Waals surface area contributed by atoms with Gasteiger partial charge in [-0.25, -0.2) is 0 Å². The van der Waals surface area contributed by atoms with Gasteiger partial charge in [0.05, 0.1) is 28.0 Å². The van der Waals surface area contributed by atoms with Crippen LogP contribution in [0.2, 0.25) is 0 Å². The van der Waals surface area contributed by atoms with Crippen LogP contribution in [0.25, 0.3) is 0 Å². The highest BCUT2D eigenvalue weighted by molar-refractivity contribution is 5.95. The fourth-order valence-corrected chi connectivity index (χ4v) is 3.44. The third kappa shape index (κ3) is 6.84. The molecule has 0 radical (unpaired) electrons. The molecule has 200 valence electrons. The summed E-state index contributed by atoms with van der Waals surface area (Å²) in [6.07, 6.45) is -20.7. The van der Waals surface area contributed by atoms with Gasteiger partial charge in [0, 0.05) is 11.8 Å². The number of alkyl halides is 12. The lowest BCUT2D eigenvalue weighted by Gasteiger charge is -2.24. The SMILES string of the molecule is CON=C(C(C)c1cc(C(F)(F)F)cc(C(F)(F)F)c1)C(C)c1cc(C(F)(F)F)cc(C(F)(F)F)c1. The minimum atomic E-state index is -5.18. The first-order valence-electron chi connectivity index (χ1n) is 9.86. The summed E-state index contributed by atoms with van der Waals surface area (Å²) in [4.78, 5) is 4.58. The van der Waals surface area contributed by atoms with Crippen molar-refractivity contribution in [3.63, 3.8) is 0 Å². The van der Waals surface area contributed by atoms with Crippen molar-refractivity contribution >= 4 is 5.71 Å². The Kier molecular flexibility index (Phi) is 8.02. The van der Waals surface area contributed by atoms with Crippen LogP contribution in [0.3, 0.4) is 0 Å². The summed E-state index contributed by atoms with van der Waals surface area (Å²) in [7, 11) is 0.944. The summed E-state index contributed by atoms with van der Waals surface area (Å²) in [5.41, 5.74) is -8.17. The maximum atomic E-state index is 13.2. The first-order valence-corrected chi connectivity index (χ1v) is 9.86. The predicted octanol–water partition coefficient (Wildman–Crippen LogP) is 8.67. The molecule has 0 amide bonds. The lowest BCUT2D eigenvalue weighted by molar-refractivity contribution is -0.144. The van der Waals surface area contributed by atoms with E-state index < -0.39 is 75.6 Å². The van der Waals surface area contributed by atoms with Crippen molar-refractivity contribution in [1.82, 2.24) is 0 Å². The summed E-state index contributed by atoms with van der Waals surface area (Å²) >= 11 is 0. The number of nitrogens with zero attached hydrogens (tertiary/aromatic N) is 1. The number of rotatable bonds is 5. The van der Waals surface area contributed by atoms with Gasteiger partial charge in [-0.1, -0.05) is 19.0 Å². The minimum Gasteiger partial charge on any atom is -0.399 e. The molecular weight excluding hydrogens is 522 g/mol. The third-order valence-corrected chi connectivity index (χ3v) is 5.30. The molecule has 0 spiro atoms. The zero-order chi connectivity index (χ0) is 27.9. The summed E-state index contributed by atoms with van der Waals surface area (Å²) in [5.74, 6) is -2.88. The minimum absolute atomic E-state index is 0.116. The van der Waals surface area contributed by atoms with Gasteiger partial charge in [0.1, 0.15) is 7.11 Å². The van der Waals surface area contributed by atoms with Crippen LogP contribution in [-0.2, 0) is 29.5 Å². The molecule has 2 nitrogen and oxygen atoms in total. The van der Waals surface area contributed by atoms with Gasteiger partial charge in [-0.2, -0.15) is 52.7 Å². The summed E-state index contributed by atoms with van der Waals surface area (Å²) in [5, 5.41) is 3.54. The summed E-state index contributed by atoms with van der Waals surface area (Å²) in [6.45, 7) is 2.20. The van der Waals surface area contributed by atoms with E-state index in [2.05, 4.69) is 9.99 Å². The smallest absolute Gasteiger partial charge is 0.399 e. The molecule has 0 N–H and O–H groups in total.